The van der Waals surface area contributed by atoms with Gasteiger partial charge in [0, 0.05) is 15.7 Å². The minimum absolute atomic E-state index is 0.0369. The molecule has 94 valence electrons. The fraction of sp³-hybridized carbons (Fsp3) is 0. The monoisotopic (exact) mass is 331 g/mol. The summed E-state index contributed by atoms with van der Waals surface area (Å²) in [5.41, 5.74) is 7.09. The van der Waals surface area contributed by atoms with Crippen LogP contribution < -0.4 is 5.73 Å². The lowest BCUT2D eigenvalue weighted by atomic mass is 10.0. The third-order valence-electron chi connectivity index (χ3n) is 2.99. The van der Waals surface area contributed by atoms with Crippen LogP contribution in [0, 0.1) is 0 Å². The first-order chi connectivity index (χ1) is 9.16. The van der Waals surface area contributed by atoms with Crippen LogP contribution >= 0.6 is 27.3 Å². The van der Waals surface area contributed by atoms with Gasteiger partial charge in [0.1, 0.15) is 0 Å². The van der Waals surface area contributed by atoms with E-state index >= 15 is 0 Å². The molecular weight excluding hydrogens is 322 g/mol. The number of fused-ring (bicyclic) bond motifs is 1. The summed E-state index contributed by atoms with van der Waals surface area (Å²) in [7, 11) is 0. The van der Waals surface area contributed by atoms with Crippen LogP contribution in [0.1, 0.15) is 15.2 Å². The second-order valence-electron chi connectivity index (χ2n) is 4.21. The Morgan fingerprint density at radius 1 is 1.11 bits per heavy atom. The minimum atomic E-state index is -0.0369. The van der Waals surface area contributed by atoms with Crippen LogP contribution in [0.2, 0.25) is 0 Å². The molecule has 2 aromatic carbocycles. The molecule has 0 unspecified atom stereocenters. The summed E-state index contributed by atoms with van der Waals surface area (Å²) in [6.45, 7) is 0. The van der Waals surface area contributed by atoms with Crippen molar-refractivity contribution in [2.24, 2.45) is 0 Å². The van der Waals surface area contributed by atoms with Crippen LogP contribution in [0.25, 0.3) is 10.8 Å². The zero-order valence-corrected chi connectivity index (χ0v) is 12.3. The van der Waals surface area contributed by atoms with E-state index in [1.54, 1.807) is 0 Å². The average Bonchev–Trinajstić information content (AvgIpc) is 2.83. The Balaban J connectivity index is 2.17. The number of thiophene rings is 1. The molecule has 1 heterocycles. The first-order valence-electron chi connectivity index (χ1n) is 5.73. The Morgan fingerprint density at radius 2 is 1.79 bits per heavy atom. The van der Waals surface area contributed by atoms with Gasteiger partial charge in [-0.15, -0.1) is 11.3 Å². The molecule has 0 radical (unpaired) electrons. The summed E-state index contributed by atoms with van der Waals surface area (Å²) in [4.78, 5) is 13.2. The molecule has 0 aliphatic heterocycles. The normalized spacial score (nSPS) is 10.8. The minimum Gasteiger partial charge on any atom is -0.398 e. The molecule has 0 aliphatic carbocycles. The van der Waals surface area contributed by atoms with Gasteiger partial charge in [0.05, 0.1) is 4.88 Å². The van der Waals surface area contributed by atoms with Gasteiger partial charge in [0.15, 0.2) is 0 Å². The van der Waals surface area contributed by atoms with Gasteiger partial charge in [-0.1, -0.05) is 24.3 Å². The van der Waals surface area contributed by atoms with E-state index in [1.807, 2.05) is 47.8 Å². The molecule has 0 bridgehead atoms. The van der Waals surface area contributed by atoms with Gasteiger partial charge in [0.25, 0.3) is 0 Å². The summed E-state index contributed by atoms with van der Waals surface area (Å²) in [5, 5.41) is 3.95. The number of hydrogen-bond acceptors (Lipinski definition) is 3. The van der Waals surface area contributed by atoms with E-state index in [-0.39, 0.29) is 5.78 Å². The number of benzene rings is 2. The second-order valence-corrected chi connectivity index (χ2v) is 5.98. The molecular formula is C15H10BrNOS. The Hall–Kier alpha value is -1.65. The lowest BCUT2D eigenvalue weighted by Crippen LogP contribution is -2.04. The van der Waals surface area contributed by atoms with Gasteiger partial charge in [-0.05, 0) is 50.3 Å². The summed E-state index contributed by atoms with van der Waals surface area (Å²) in [6.07, 6.45) is 0. The van der Waals surface area contributed by atoms with E-state index in [9.17, 15) is 4.79 Å². The standard InChI is InChI=1S/C15H10BrNOS/c16-12-5-6-19-15(12)14(18)11-7-9-3-1-2-4-10(9)8-13(11)17/h1-8H,17H2. The van der Waals surface area contributed by atoms with Crippen LogP contribution in [0.5, 0.6) is 0 Å². The molecule has 0 aliphatic rings. The van der Waals surface area contributed by atoms with Crippen molar-refractivity contribution in [3.63, 3.8) is 0 Å². The quantitative estimate of drug-likeness (QED) is 0.555. The molecule has 0 atom stereocenters. The Bertz CT molecular complexity index is 779. The molecule has 3 aromatic rings. The van der Waals surface area contributed by atoms with Crippen molar-refractivity contribution in [3.05, 3.63) is 62.8 Å². The summed E-state index contributed by atoms with van der Waals surface area (Å²) < 4.78 is 0.815. The van der Waals surface area contributed by atoms with E-state index < -0.39 is 0 Å². The third kappa shape index (κ3) is 2.17. The first-order valence-corrected chi connectivity index (χ1v) is 7.40. The summed E-state index contributed by atoms with van der Waals surface area (Å²) >= 11 is 4.80. The Morgan fingerprint density at radius 3 is 2.42 bits per heavy atom. The van der Waals surface area contributed by atoms with Crippen LogP contribution in [0.3, 0.4) is 0 Å². The smallest absolute Gasteiger partial charge is 0.206 e. The number of carbonyl (C=O) groups excluding carboxylic acids is 1. The average molecular weight is 332 g/mol. The first kappa shape index (κ1) is 12.4. The topological polar surface area (TPSA) is 43.1 Å². The SMILES string of the molecule is Nc1cc2ccccc2cc1C(=O)c1sccc1Br. The van der Waals surface area contributed by atoms with Crippen LogP contribution in [-0.4, -0.2) is 5.78 Å². The maximum Gasteiger partial charge on any atom is 0.206 e. The lowest BCUT2D eigenvalue weighted by molar-refractivity contribution is 0.104. The molecule has 2 N–H and O–H groups in total. The van der Waals surface area contributed by atoms with Crippen molar-refractivity contribution in [2.75, 3.05) is 5.73 Å². The van der Waals surface area contributed by atoms with Crippen molar-refractivity contribution in [3.8, 4) is 0 Å². The highest BCUT2D eigenvalue weighted by atomic mass is 79.9. The molecule has 0 spiro atoms. The molecule has 0 amide bonds. The summed E-state index contributed by atoms with van der Waals surface area (Å²) in [6, 6.07) is 13.5. The van der Waals surface area contributed by atoms with E-state index in [0.717, 1.165) is 15.2 Å². The molecule has 2 nitrogen and oxygen atoms in total. The third-order valence-corrected chi connectivity index (χ3v) is 4.82. The van der Waals surface area contributed by atoms with Crippen LogP contribution in [0.4, 0.5) is 5.69 Å². The fourth-order valence-electron chi connectivity index (χ4n) is 2.03. The van der Waals surface area contributed by atoms with Crippen molar-refractivity contribution in [1.29, 1.82) is 0 Å². The number of ketones is 1. The number of anilines is 1. The van der Waals surface area contributed by atoms with E-state index in [4.69, 9.17) is 5.73 Å². The van der Waals surface area contributed by atoms with Crippen LogP contribution in [0.15, 0.2) is 52.3 Å². The Labute approximate surface area is 123 Å². The number of halogens is 1. The van der Waals surface area contributed by atoms with Crippen molar-refractivity contribution in [2.45, 2.75) is 0 Å². The van der Waals surface area contributed by atoms with Gasteiger partial charge < -0.3 is 5.73 Å². The number of nitrogens with two attached hydrogens (primary N) is 1. The number of hydrogen-bond donors (Lipinski definition) is 1. The highest BCUT2D eigenvalue weighted by Crippen LogP contribution is 2.29. The highest BCUT2D eigenvalue weighted by molar-refractivity contribution is 9.10. The molecule has 0 saturated carbocycles. The van der Waals surface area contributed by atoms with E-state index in [1.165, 1.54) is 11.3 Å². The molecule has 3 rings (SSSR count). The largest absolute Gasteiger partial charge is 0.398 e. The lowest BCUT2D eigenvalue weighted by Gasteiger charge is -2.06. The van der Waals surface area contributed by atoms with Gasteiger partial charge in [-0.2, -0.15) is 0 Å². The maximum atomic E-state index is 12.5. The molecule has 1 aromatic heterocycles. The van der Waals surface area contributed by atoms with Crippen molar-refractivity contribution >= 4 is 49.5 Å². The predicted molar refractivity (Wildman–Crippen MR) is 83.8 cm³/mol. The maximum absolute atomic E-state index is 12.5. The summed E-state index contributed by atoms with van der Waals surface area (Å²) in [5.74, 6) is -0.0369. The highest BCUT2D eigenvalue weighted by Gasteiger charge is 2.17. The van der Waals surface area contributed by atoms with Gasteiger partial charge in [0.2, 0.25) is 5.78 Å². The zero-order valence-electron chi connectivity index (χ0n) is 9.89. The molecule has 19 heavy (non-hydrogen) atoms. The second kappa shape index (κ2) is 4.79. The fourth-order valence-corrected chi connectivity index (χ4v) is 3.54. The number of nitrogen functional groups attached to an aromatic ring is 1. The van der Waals surface area contributed by atoms with Gasteiger partial charge in [-0.3, -0.25) is 4.79 Å². The van der Waals surface area contributed by atoms with Gasteiger partial charge >= 0.3 is 0 Å². The number of rotatable bonds is 2. The Kier molecular flexibility index (Phi) is 3.12. The van der Waals surface area contributed by atoms with Crippen molar-refractivity contribution in [1.82, 2.24) is 0 Å². The van der Waals surface area contributed by atoms with Crippen molar-refractivity contribution < 1.29 is 4.79 Å². The van der Waals surface area contributed by atoms with Crippen LogP contribution in [-0.2, 0) is 0 Å². The van der Waals surface area contributed by atoms with E-state index in [2.05, 4.69) is 15.9 Å². The predicted octanol–water partition coefficient (Wildman–Crippen LogP) is 4.48. The number of carbonyl (C=O) groups is 1. The molecule has 0 fully saturated rings. The molecule has 0 saturated heterocycles. The van der Waals surface area contributed by atoms with Gasteiger partial charge in [-0.25, -0.2) is 0 Å². The zero-order chi connectivity index (χ0) is 13.4. The van der Waals surface area contributed by atoms with E-state index in [0.29, 0.717) is 16.1 Å². The molecule has 4 heteroatoms.